The molecule has 0 fully saturated rings. The molecule has 194 valence electrons. The minimum atomic E-state index is -2.12. The van der Waals surface area contributed by atoms with Crippen LogP contribution in [0.25, 0.3) is 0 Å². The van der Waals surface area contributed by atoms with Crippen molar-refractivity contribution in [1.82, 2.24) is 0 Å². The number of rotatable bonds is 7. The van der Waals surface area contributed by atoms with Crippen LogP contribution in [-0.2, 0) is 15.6 Å². The van der Waals surface area contributed by atoms with Crippen molar-refractivity contribution in [2.75, 3.05) is 21.3 Å². The first-order valence-electron chi connectivity index (χ1n) is 11.7. The molecule has 1 aliphatic rings. The fraction of sp³-hybridized carbons (Fsp3) is 0.444. The molecule has 0 aliphatic heterocycles. The van der Waals surface area contributed by atoms with E-state index in [2.05, 4.69) is 33.9 Å². The van der Waals surface area contributed by atoms with Gasteiger partial charge in [0.1, 0.15) is 22.8 Å². The van der Waals surface area contributed by atoms with Crippen molar-refractivity contribution < 1.29 is 38.1 Å². The Morgan fingerprint density at radius 1 is 0.972 bits per heavy atom. The Balaban J connectivity index is 2.22. The van der Waals surface area contributed by atoms with E-state index in [1.807, 2.05) is 6.92 Å². The van der Waals surface area contributed by atoms with Gasteiger partial charge < -0.3 is 23.7 Å². The van der Waals surface area contributed by atoms with Gasteiger partial charge in [0, 0.05) is 23.3 Å². The van der Waals surface area contributed by atoms with Crippen LogP contribution < -0.4 is 9.47 Å². The zero-order valence-corrected chi connectivity index (χ0v) is 23.3. The Morgan fingerprint density at radius 3 is 2.11 bits per heavy atom. The van der Waals surface area contributed by atoms with Crippen LogP contribution in [0.3, 0.4) is 0 Å². The average molecular weight is 515 g/mol. The monoisotopic (exact) mass is 514 g/mol. The number of ether oxygens (including phenoxy) is 3. The van der Waals surface area contributed by atoms with Crippen LogP contribution in [0.2, 0.25) is 18.1 Å². The summed E-state index contributed by atoms with van der Waals surface area (Å²) >= 11 is 0. The van der Waals surface area contributed by atoms with Gasteiger partial charge in [0.15, 0.2) is 14.1 Å². The zero-order valence-electron chi connectivity index (χ0n) is 22.3. The Bertz CT molecular complexity index is 1240. The Hall–Kier alpha value is -3.17. The predicted molar refractivity (Wildman–Crippen MR) is 137 cm³/mol. The number of ketones is 2. The highest BCUT2D eigenvalue weighted by atomic mass is 28.4. The minimum absolute atomic E-state index is 0.0207. The molecule has 0 heterocycles. The second kappa shape index (κ2) is 9.70. The first-order valence-corrected chi connectivity index (χ1v) is 14.6. The molecule has 0 radical (unpaired) electrons. The maximum absolute atomic E-state index is 13.6. The van der Waals surface area contributed by atoms with E-state index >= 15 is 0 Å². The van der Waals surface area contributed by atoms with Gasteiger partial charge in [0.2, 0.25) is 5.78 Å². The van der Waals surface area contributed by atoms with Gasteiger partial charge in [0.25, 0.3) is 0 Å². The number of phenolic OH excluding ortho intramolecular Hbond substituents is 1. The highest BCUT2D eigenvalue weighted by Gasteiger charge is 2.41. The SMILES string of the molecule is COC(=O)c1c(C[C@H](C)O[Si](C)(C)C(C)(C)C)cc2c(c1OC)C(=O)c1c(O)cc(OC)cc1C2=O. The number of hydrogen-bond acceptors (Lipinski definition) is 8. The fourth-order valence-electron chi connectivity index (χ4n) is 4.24. The smallest absolute Gasteiger partial charge is 0.341 e. The third-order valence-electron chi connectivity index (χ3n) is 7.04. The van der Waals surface area contributed by atoms with Gasteiger partial charge >= 0.3 is 5.97 Å². The van der Waals surface area contributed by atoms with Crippen LogP contribution in [0.5, 0.6) is 17.2 Å². The zero-order chi connectivity index (χ0) is 27.2. The number of fused-ring (bicyclic) bond motifs is 2. The molecule has 0 aromatic heterocycles. The van der Waals surface area contributed by atoms with Crippen molar-refractivity contribution in [3.8, 4) is 17.2 Å². The lowest BCUT2D eigenvalue weighted by molar-refractivity contribution is 0.0594. The molecule has 3 rings (SSSR count). The molecule has 8 nitrogen and oxygen atoms in total. The maximum Gasteiger partial charge on any atom is 0.341 e. The van der Waals surface area contributed by atoms with E-state index in [1.165, 1.54) is 39.5 Å². The summed E-state index contributed by atoms with van der Waals surface area (Å²) in [4.78, 5) is 40.0. The number of carbonyl (C=O) groups excluding carboxylic acids is 3. The molecule has 0 spiro atoms. The summed E-state index contributed by atoms with van der Waals surface area (Å²) in [7, 11) is 1.84. The number of phenols is 1. The lowest BCUT2D eigenvalue weighted by Crippen LogP contribution is -2.43. The van der Waals surface area contributed by atoms with Crippen molar-refractivity contribution in [2.45, 2.75) is 58.4 Å². The van der Waals surface area contributed by atoms with Crippen LogP contribution in [0.4, 0.5) is 0 Å². The van der Waals surface area contributed by atoms with E-state index in [4.69, 9.17) is 18.6 Å². The van der Waals surface area contributed by atoms with Gasteiger partial charge in [-0.2, -0.15) is 0 Å². The van der Waals surface area contributed by atoms with Gasteiger partial charge in [-0.3, -0.25) is 9.59 Å². The van der Waals surface area contributed by atoms with Gasteiger partial charge in [0.05, 0.1) is 32.5 Å². The number of esters is 1. The molecule has 0 saturated heterocycles. The number of hydrogen-bond donors (Lipinski definition) is 1. The largest absolute Gasteiger partial charge is 0.507 e. The molecule has 9 heteroatoms. The van der Waals surface area contributed by atoms with E-state index in [9.17, 15) is 19.5 Å². The molecule has 36 heavy (non-hydrogen) atoms. The summed E-state index contributed by atoms with van der Waals surface area (Å²) in [6, 6.07) is 4.22. The maximum atomic E-state index is 13.6. The van der Waals surface area contributed by atoms with E-state index < -0.39 is 31.6 Å². The Morgan fingerprint density at radius 2 is 1.58 bits per heavy atom. The van der Waals surface area contributed by atoms with E-state index in [1.54, 1.807) is 0 Å². The number of aromatic hydroxyl groups is 1. The summed E-state index contributed by atoms with van der Waals surface area (Å²) in [5.41, 5.74) is 0.387. The van der Waals surface area contributed by atoms with Crippen molar-refractivity contribution in [1.29, 1.82) is 0 Å². The van der Waals surface area contributed by atoms with Crippen molar-refractivity contribution >= 4 is 25.9 Å². The molecule has 1 aliphatic carbocycles. The highest BCUT2D eigenvalue weighted by molar-refractivity contribution is 6.74. The second-order valence-corrected chi connectivity index (χ2v) is 15.2. The second-order valence-electron chi connectivity index (χ2n) is 10.5. The van der Waals surface area contributed by atoms with Crippen LogP contribution in [0, 0.1) is 0 Å². The normalized spacial score (nSPS) is 14.1. The van der Waals surface area contributed by atoms with Crippen molar-refractivity contribution in [2.24, 2.45) is 0 Å². The molecule has 1 atom stereocenters. The average Bonchev–Trinajstić information content (AvgIpc) is 2.79. The Labute approximate surface area is 212 Å². The van der Waals surface area contributed by atoms with Crippen molar-refractivity contribution in [3.63, 3.8) is 0 Å². The topological polar surface area (TPSA) is 108 Å². The molecular formula is C27H34O8Si. The Kier molecular flexibility index (Phi) is 7.39. The van der Waals surface area contributed by atoms with E-state index in [0.29, 0.717) is 5.56 Å². The molecule has 0 saturated carbocycles. The first-order chi connectivity index (χ1) is 16.7. The highest BCUT2D eigenvalue weighted by Crippen LogP contribution is 2.43. The van der Waals surface area contributed by atoms with E-state index in [0.717, 1.165) is 0 Å². The summed E-state index contributed by atoms with van der Waals surface area (Å²) in [5.74, 6) is -2.02. The minimum Gasteiger partial charge on any atom is -0.507 e. The first kappa shape index (κ1) is 27.4. The summed E-state index contributed by atoms with van der Waals surface area (Å²) < 4.78 is 22.2. The molecule has 2 aromatic carbocycles. The van der Waals surface area contributed by atoms with Crippen LogP contribution >= 0.6 is 0 Å². The van der Waals surface area contributed by atoms with Crippen molar-refractivity contribution in [3.05, 3.63) is 51.6 Å². The summed E-state index contributed by atoms with van der Waals surface area (Å²) in [6.45, 7) is 12.6. The fourth-order valence-corrected chi connectivity index (χ4v) is 5.69. The number of benzene rings is 2. The van der Waals surface area contributed by atoms with Gasteiger partial charge in [-0.15, -0.1) is 0 Å². The third-order valence-corrected chi connectivity index (χ3v) is 11.6. The molecule has 1 N–H and O–H groups in total. The lowest BCUT2D eigenvalue weighted by Gasteiger charge is -2.38. The quantitative estimate of drug-likeness (QED) is 0.349. The van der Waals surface area contributed by atoms with E-state index in [-0.39, 0.29) is 56.9 Å². The van der Waals surface area contributed by atoms with Gasteiger partial charge in [-0.1, -0.05) is 20.8 Å². The molecular weight excluding hydrogens is 480 g/mol. The van der Waals surface area contributed by atoms with Gasteiger partial charge in [-0.25, -0.2) is 4.79 Å². The molecule has 0 amide bonds. The van der Waals surface area contributed by atoms with Crippen LogP contribution in [0.15, 0.2) is 18.2 Å². The lowest BCUT2D eigenvalue weighted by atomic mass is 9.80. The number of carbonyl (C=O) groups is 3. The van der Waals surface area contributed by atoms with Crippen LogP contribution in [-0.4, -0.2) is 58.4 Å². The predicted octanol–water partition coefficient (Wildman–Crippen LogP) is 4.92. The third kappa shape index (κ3) is 4.65. The number of methoxy groups -OCH3 is 3. The van der Waals surface area contributed by atoms with Crippen LogP contribution in [0.1, 0.15) is 75.5 Å². The molecule has 2 aromatic rings. The summed E-state index contributed by atoms with van der Waals surface area (Å²) in [6.07, 6.45) is 0.000945. The standard InChI is InChI=1S/C27H34O8Si/c1-14(35-36(8,9)27(2,3)4)10-15-11-17-22(25(33-6)20(15)26(31)34-7)24(30)21-18(23(17)29)12-16(32-5)13-19(21)28/h11-14,28H,10H2,1-9H3/t14-/m0/s1. The molecule has 0 unspecified atom stereocenters. The molecule has 0 bridgehead atoms. The summed E-state index contributed by atoms with van der Waals surface area (Å²) in [5, 5.41) is 10.5. The van der Waals surface area contributed by atoms with Gasteiger partial charge in [-0.05, 0) is 49.2 Å².